The van der Waals surface area contributed by atoms with E-state index in [4.69, 9.17) is 10.5 Å². The van der Waals surface area contributed by atoms with Gasteiger partial charge in [-0.2, -0.15) is 0 Å². The van der Waals surface area contributed by atoms with Gasteiger partial charge in [-0.1, -0.05) is 0 Å². The Bertz CT molecular complexity index is 568. The molecular weight excluding hydrogens is 560 g/mol. The van der Waals surface area contributed by atoms with Crippen LogP contribution in [0, 0.1) is 7.14 Å². The summed E-state index contributed by atoms with van der Waals surface area (Å²) >= 11 is 4.57. The second-order valence-corrected chi connectivity index (χ2v) is 6.70. The first-order chi connectivity index (χ1) is 9.60. The van der Waals surface area contributed by atoms with Gasteiger partial charge in [0.1, 0.15) is 11.5 Å². The highest BCUT2D eigenvalue weighted by Gasteiger charge is 2.10. The number of halogens is 3. The van der Waals surface area contributed by atoms with Crippen molar-refractivity contribution in [2.45, 2.75) is 12.8 Å². The molecule has 0 aliphatic rings. The van der Waals surface area contributed by atoms with E-state index < -0.39 is 0 Å². The second kappa shape index (κ2) is 9.16. The molecule has 2 rings (SSSR count). The smallest absolute Gasteiger partial charge is 0.154 e. The van der Waals surface area contributed by atoms with Gasteiger partial charge in [0.25, 0.3) is 0 Å². The summed E-state index contributed by atoms with van der Waals surface area (Å²) in [6.07, 6.45) is 1.98. The Morgan fingerprint density at radius 2 is 1.62 bits per heavy atom. The van der Waals surface area contributed by atoms with Gasteiger partial charge in [0.2, 0.25) is 0 Å². The quantitative estimate of drug-likeness (QED) is 0.501. The molecule has 0 aliphatic carbocycles. The monoisotopic (exact) mass is 575 g/mol. The predicted molar refractivity (Wildman–Crippen MR) is 108 cm³/mol. The maximum atomic E-state index is 9.28. The van der Waals surface area contributed by atoms with E-state index in [9.17, 15) is 5.11 Å². The molecule has 0 radical (unpaired) electrons. The first-order valence-electron chi connectivity index (χ1n) is 6.25. The van der Waals surface area contributed by atoms with Crippen LogP contribution in [0.5, 0.6) is 17.2 Å². The maximum Gasteiger partial charge on any atom is 0.154 e. The SMILES string of the molecule is Br.NCCCc1cc(I)c(Oc2ccc(O)cc2)c(I)c1. The van der Waals surface area contributed by atoms with E-state index in [2.05, 4.69) is 57.3 Å². The molecule has 2 aromatic rings. The normalized spacial score (nSPS) is 10.0. The zero-order chi connectivity index (χ0) is 14.5. The number of phenolic OH excluding ortho intramolecular Hbond substituents is 1. The van der Waals surface area contributed by atoms with Gasteiger partial charge in [-0.25, -0.2) is 0 Å². The van der Waals surface area contributed by atoms with Gasteiger partial charge >= 0.3 is 0 Å². The minimum absolute atomic E-state index is 0. The fourth-order valence-electron chi connectivity index (χ4n) is 1.79. The van der Waals surface area contributed by atoms with Crippen LogP contribution in [0.1, 0.15) is 12.0 Å². The summed E-state index contributed by atoms with van der Waals surface area (Å²) in [7, 11) is 0. The van der Waals surface area contributed by atoms with Gasteiger partial charge in [-0.3, -0.25) is 0 Å². The Morgan fingerprint density at radius 1 is 1.05 bits per heavy atom. The predicted octanol–water partition coefficient (Wildman–Crippen LogP) is 4.86. The van der Waals surface area contributed by atoms with Gasteiger partial charge in [-0.15, -0.1) is 17.0 Å². The Hall–Kier alpha value is -0.0600. The maximum absolute atomic E-state index is 9.28. The summed E-state index contributed by atoms with van der Waals surface area (Å²) < 4.78 is 8.06. The van der Waals surface area contributed by atoms with Crippen LogP contribution in [0.15, 0.2) is 36.4 Å². The van der Waals surface area contributed by atoms with Crippen LogP contribution in [0.25, 0.3) is 0 Å². The number of hydrogen-bond acceptors (Lipinski definition) is 3. The standard InChI is InChI=1S/C15H15I2NO2.BrH/c16-13-8-10(2-1-7-18)9-14(17)15(13)20-12-5-3-11(19)4-6-12;/h3-6,8-9,19H,1-2,7,18H2;1H. The van der Waals surface area contributed by atoms with Crippen molar-refractivity contribution in [3.63, 3.8) is 0 Å². The number of aryl methyl sites for hydroxylation is 1. The molecule has 0 saturated heterocycles. The summed E-state index contributed by atoms with van der Waals surface area (Å²) in [6, 6.07) is 11.0. The lowest BCUT2D eigenvalue weighted by atomic mass is 10.1. The fourth-order valence-corrected chi connectivity index (χ4v) is 3.91. The van der Waals surface area contributed by atoms with E-state index in [1.807, 2.05) is 0 Å². The molecule has 0 unspecified atom stereocenters. The highest BCUT2D eigenvalue weighted by molar-refractivity contribution is 14.1. The topological polar surface area (TPSA) is 55.5 Å². The Balaban J connectivity index is 0.00000220. The second-order valence-electron chi connectivity index (χ2n) is 4.38. The zero-order valence-corrected chi connectivity index (χ0v) is 17.2. The lowest BCUT2D eigenvalue weighted by Crippen LogP contribution is -2.01. The first kappa shape index (κ1) is 19.0. The molecule has 0 atom stereocenters. The van der Waals surface area contributed by atoms with Crippen LogP contribution in [0.3, 0.4) is 0 Å². The first-order valence-corrected chi connectivity index (χ1v) is 8.41. The summed E-state index contributed by atoms with van der Waals surface area (Å²) in [4.78, 5) is 0. The zero-order valence-electron chi connectivity index (χ0n) is 11.2. The molecule has 0 heterocycles. The Labute approximate surface area is 162 Å². The average Bonchev–Trinajstić information content (AvgIpc) is 2.42. The number of benzene rings is 2. The van der Waals surface area contributed by atoms with E-state index in [0.29, 0.717) is 12.3 Å². The van der Waals surface area contributed by atoms with Gasteiger partial charge in [-0.05, 0) is 107 Å². The van der Waals surface area contributed by atoms with E-state index >= 15 is 0 Å². The largest absolute Gasteiger partial charge is 0.508 e. The van der Waals surface area contributed by atoms with Crippen molar-refractivity contribution in [1.29, 1.82) is 0 Å². The molecule has 3 nitrogen and oxygen atoms in total. The van der Waals surface area contributed by atoms with Crippen molar-refractivity contribution in [2.24, 2.45) is 5.73 Å². The highest BCUT2D eigenvalue weighted by Crippen LogP contribution is 2.33. The third-order valence-electron chi connectivity index (χ3n) is 2.78. The van der Waals surface area contributed by atoms with Gasteiger partial charge in [0, 0.05) is 0 Å². The molecule has 0 fully saturated rings. The van der Waals surface area contributed by atoms with Crippen LogP contribution >= 0.6 is 62.2 Å². The van der Waals surface area contributed by atoms with Gasteiger partial charge < -0.3 is 15.6 Å². The van der Waals surface area contributed by atoms with E-state index in [1.165, 1.54) is 5.56 Å². The average molecular weight is 576 g/mol. The van der Waals surface area contributed by atoms with E-state index in [1.54, 1.807) is 24.3 Å². The van der Waals surface area contributed by atoms with Gasteiger partial charge in [0.15, 0.2) is 5.75 Å². The van der Waals surface area contributed by atoms with Crippen molar-refractivity contribution < 1.29 is 9.84 Å². The number of phenols is 1. The number of nitrogens with two attached hydrogens (primary N) is 1. The lowest BCUT2D eigenvalue weighted by Gasteiger charge is -2.12. The van der Waals surface area contributed by atoms with Crippen LogP contribution in [-0.4, -0.2) is 11.7 Å². The summed E-state index contributed by atoms with van der Waals surface area (Å²) in [6.45, 7) is 0.707. The molecule has 0 aliphatic heterocycles. The van der Waals surface area contributed by atoms with E-state index in [-0.39, 0.29) is 22.7 Å². The molecule has 0 aromatic heterocycles. The Kier molecular flexibility index (Phi) is 8.28. The van der Waals surface area contributed by atoms with Crippen LogP contribution < -0.4 is 10.5 Å². The lowest BCUT2D eigenvalue weighted by molar-refractivity contribution is 0.461. The number of ether oxygens (including phenoxy) is 1. The molecule has 0 amide bonds. The Morgan fingerprint density at radius 3 is 2.14 bits per heavy atom. The van der Waals surface area contributed by atoms with Crippen molar-refractivity contribution >= 4 is 62.2 Å². The third-order valence-corrected chi connectivity index (χ3v) is 4.39. The number of hydrogen-bond donors (Lipinski definition) is 2. The highest BCUT2D eigenvalue weighted by atomic mass is 127. The van der Waals surface area contributed by atoms with Crippen molar-refractivity contribution in [3.05, 3.63) is 49.1 Å². The fraction of sp³-hybridized carbons (Fsp3) is 0.200. The number of aromatic hydroxyl groups is 1. The van der Waals surface area contributed by atoms with Crippen molar-refractivity contribution in [3.8, 4) is 17.2 Å². The molecule has 0 bridgehead atoms. The molecule has 0 spiro atoms. The van der Waals surface area contributed by atoms with Crippen molar-refractivity contribution in [2.75, 3.05) is 6.54 Å². The molecule has 2 aromatic carbocycles. The van der Waals surface area contributed by atoms with Gasteiger partial charge in [0.05, 0.1) is 7.14 Å². The van der Waals surface area contributed by atoms with Crippen LogP contribution in [-0.2, 0) is 6.42 Å². The minimum Gasteiger partial charge on any atom is -0.508 e. The summed E-state index contributed by atoms with van der Waals surface area (Å²) in [5, 5.41) is 9.28. The summed E-state index contributed by atoms with van der Waals surface area (Å²) in [5.41, 5.74) is 6.83. The van der Waals surface area contributed by atoms with Crippen molar-refractivity contribution in [1.82, 2.24) is 0 Å². The minimum atomic E-state index is 0. The third kappa shape index (κ3) is 5.57. The van der Waals surface area contributed by atoms with Crippen LogP contribution in [0.2, 0.25) is 0 Å². The molecular formula is C15H16BrI2NO2. The molecule has 114 valence electrons. The molecule has 6 heteroatoms. The molecule has 0 saturated carbocycles. The summed E-state index contributed by atoms with van der Waals surface area (Å²) in [5.74, 6) is 1.81. The van der Waals surface area contributed by atoms with E-state index in [0.717, 1.165) is 25.7 Å². The number of rotatable bonds is 5. The van der Waals surface area contributed by atoms with Crippen LogP contribution in [0.4, 0.5) is 0 Å². The molecule has 3 N–H and O–H groups in total. The molecule has 21 heavy (non-hydrogen) atoms.